The molecule has 0 aromatic heterocycles. The third-order valence-corrected chi connectivity index (χ3v) is 6.12. The average Bonchev–Trinajstić information content (AvgIpc) is 3.00. The number of unbranched alkanes of at least 4 members (excludes halogenated alkanes) is 4. The number of rotatable bonds is 14. The largest absolute Gasteiger partial charge is 0.469 e. The van der Waals surface area contributed by atoms with E-state index < -0.39 is 12.2 Å². The van der Waals surface area contributed by atoms with Crippen molar-refractivity contribution in [1.29, 1.82) is 0 Å². The second kappa shape index (κ2) is 13.7. The molecule has 0 saturated heterocycles. The highest BCUT2D eigenvalue weighted by Gasteiger charge is 2.34. The van der Waals surface area contributed by atoms with Crippen LogP contribution in [0.3, 0.4) is 0 Å². The van der Waals surface area contributed by atoms with E-state index >= 15 is 0 Å². The molecule has 0 heterocycles. The van der Waals surface area contributed by atoms with Crippen molar-refractivity contribution in [2.75, 3.05) is 7.11 Å². The van der Waals surface area contributed by atoms with Gasteiger partial charge in [-0.1, -0.05) is 58.6 Å². The summed E-state index contributed by atoms with van der Waals surface area (Å²) < 4.78 is 10.1. The van der Waals surface area contributed by atoms with Gasteiger partial charge in [-0.05, 0) is 36.7 Å². The van der Waals surface area contributed by atoms with E-state index in [1.165, 1.54) is 14.0 Å². The highest BCUT2D eigenvalue weighted by molar-refractivity contribution is 5.69. The molecule has 3 atom stereocenters. The predicted molar refractivity (Wildman–Crippen MR) is 121 cm³/mol. The molecule has 2 N–H and O–H groups in total. The molecule has 0 aliphatic heterocycles. The minimum absolute atomic E-state index is 0.190. The van der Waals surface area contributed by atoms with Gasteiger partial charge in [0.2, 0.25) is 0 Å². The van der Waals surface area contributed by atoms with Crippen molar-refractivity contribution >= 4 is 11.9 Å². The number of methoxy groups -OCH3 is 1. The standard InChI is InChI=1S/C25H42O6/c1-6-7-16-25(3,4)23(28)15-14-19-20(22(17-21(19)27)31-18(2)26)12-10-8-9-11-13-24(29)30-5/h14-15,19,21,23,27-28H,6-13,16-17H2,1-5H3/b15-14+/t19-,21-,23-/m1/s1. The zero-order valence-corrected chi connectivity index (χ0v) is 20.0. The van der Waals surface area contributed by atoms with Crippen LogP contribution in [0.4, 0.5) is 0 Å². The van der Waals surface area contributed by atoms with Crippen molar-refractivity contribution in [3.63, 3.8) is 0 Å². The van der Waals surface area contributed by atoms with Crippen LogP contribution in [-0.2, 0) is 19.1 Å². The van der Waals surface area contributed by atoms with Gasteiger partial charge in [0.15, 0.2) is 0 Å². The van der Waals surface area contributed by atoms with E-state index in [1.807, 2.05) is 6.08 Å². The lowest BCUT2D eigenvalue weighted by molar-refractivity contribution is -0.140. The van der Waals surface area contributed by atoms with Crippen molar-refractivity contribution in [2.45, 2.75) is 104 Å². The van der Waals surface area contributed by atoms with Gasteiger partial charge in [-0.15, -0.1) is 0 Å². The SMILES string of the molecule is CCCCC(C)(C)[C@H](O)/C=C/[C@@H]1C(CCCCCCC(=O)OC)=C(OC(C)=O)C[C@H]1O. The lowest BCUT2D eigenvalue weighted by atomic mass is 9.80. The number of carbonyl (C=O) groups is 2. The van der Waals surface area contributed by atoms with E-state index in [4.69, 9.17) is 4.74 Å². The van der Waals surface area contributed by atoms with Crippen molar-refractivity contribution in [3.8, 4) is 0 Å². The summed E-state index contributed by atoms with van der Waals surface area (Å²) in [5.41, 5.74) is 0.698. The van der Waals surface area contributed by atoms with E-state index in [-0.39, 0.29) is 23.3 Å². The quantitative estimate of drug-likeness (QED) is 0.229. The van der Waals surface area contributed by atoms with Gasteiger partial charge in [-0.2, -0.15) is 0 Å². The highest BCUT2D eigenvalue weighted by atomic mass is 16.5. The molecule has 31 heavy (non-hydrogen) atoms. The number of hydrogen-bond acceptors (Lipinski definition) is 6. The van der Waals surface area contributed by atoms with Gasteiger partial charge < -0.3 is 19.7 Å². The monoisotopic (exact) mass is 438 g/mol. The van der Waals surface area contributed by atoms with E-state index in [2.05, 4.69) is 25.5 Å². The molecule has 0 unspecified atom stereocenters. The zero-order valence-electron chi connectivity index (χ0n) is 20.0. The van der Waals surface area contributed by atoms with Crippen LogP contribution in [0.5, 0.6) is 0 Å². The van der Waals surface area contributed by atoms with Gasteiger partial charge in [-0.25, -0.2) is 0 Å². The Morgan fingerprint density at radius 3 is 2.48 bits per heavy atom. The lowest BCUT2D eigenvalue weighted by Gasteiger charge is -2.29. The Bertz CT molecular complexity index is 634. The molecule has 0 aromatic rings. The number of carbonyl (C=O) groups excluding carboxylic acids is 2. The molecular formula is C25H42O6. The molecule has 6 nitrogen and oxygen atoms in total. The average molecular weight is 439 g/mol. The minimum atomic E-state index is -0.661. The zero-order chi connectivity index (χ0) is 23.4. The number of ether oxygens (including phenoxy) is 2. The fourth-order valence-electron chi connectivity index (χ4n) is 4.00. The summed E-state index contributed by atoms with van der Waals surface area (Å²) in [5.74, 6) is -0.280. The molecule has 1 aliphatic carbocycles. The Hall–Kier alpha value is -1.66. The third-order valence-electron chi connectivity index (χ3n) is 6.12. The smallest absolute Gasteiger partial charge is 0.307 e. The Balaban J connectivity index is 2.77. The minimum Gasteiger partial charge on any atom is -0.469 e. The van der Waals surface area contributed by atoms with Crippen molar-refractivity contribution in [2.24, 2.45) is 11.3 Å². The maximum absolute atomic E-state index is 11.5. The fraction of sp³-hybridized carbons (Fsp3) is 0.760. The molecule has 0 aromatic carbocycles. The Kier molecular flexibility index (Phi) is 12.1. The molecule has 178 valence electrons. The normalized spacial score (nSPS) is 20.4. The van der Waals surface area contributed by atoms with E-state index in [1.54, 1.807) is 6.08 Å². The molecule has 0 bridgehead atoms. The van der Waals surface area contributed by atoms with Crippen molar-refractivity contribution < 1.29 is 29.3 Å². The van der Waals surface area contributed by atoms with Crippen LogP contribution < -0.4 is 0 Å². The summed E-state index contributed by atoms with van der Waals surface area (Å²) in [6, 6.07) is 0. The first-order valence-corrected chi connectivity index (χ1v) is 11.6. The molecule has 1 rings (SSSR count). The summed E-state index contributed by atoms with van der Waals surface area (Å²) in [7, 11) is 1.40. The van der Waals surface area contributed by atoms with Gasteiger partial charge >= 0.3 is 11.9 Å². The van der Waals surface area contributed by atoms with Crippen LogP contribution in [0.1, 0.15) is 91.9 Å². The van der Waals surface area contributed by atoms with Gasteiger partial charge in [0.25, 0.3) is 0 Å². The fourth-order valence-corrected chi connectivity index (χ4v) is 4.00. The first-order valence-electron chi connectivity index (χ1n) is 11.6. The van der Waals surface area contributed by atoms with Crippen LogP contribution in [0.15, 0.2) is 23.5 Å². The number of aliphatic hydroxyl groups excluding tert-OH is 2. The molecule has 1 aliphatic rings. The van der Waals surface area contributed by atoms with Gasteiger partial charge in [0, 0.05) is 25.7 Å². The summed E-state index contributed by atoms with van der Waals surface area (Å²) in [6.07, 6.45) is 10.4. The molecule has 0 amide bonds. The van der Waals surface area contributed by atoms with Gasteiger partial charge in [0.1, 0.15) is 5.76 Å². The Morgan fingerprint density at radius 1 is 1.19 bits per heavy atom. The second-order valence-corrected chi connectivity index (χ2v) is 9.25. The van der Waals surface area contributed by atoms with E-state index in [9.17, 15) is 19.8 Å². The molecular weight excluding hydrogens is 396 g/mol. The molecule has 0 spiro atoms. The summed E-state index contributed by atoms with van der Waals surface area (Å²) in [6.45, 7) is 7.61. The maximum atomic E-state index is 11.5. The van der Waals surface area contributed by atoms with Crippen LogP contribution in [-0.4, -0.2) is 41.5 Å². The van der Waals surface area contributed by atoms with Crippen molar-refractivity contribution in [3.05, 3.63) is 23.5 Å². The molecule has 0 saturated carbocycles. The van der Waals surface area contributed by atoms with Crippen LogP contribution in [0, 0.1) is 11.3 Å². The summed E-state index contributed by atoms with van der Waals surface area (Å²) >= 11 is 0. The summed E-state index contributed by atoms with van der Waals surface area (Å²) in [4.78, 5) is 22.7. The first kappa shape index (κ1) is 27.4. The van der Waals surface area contributed by atoms with E-state index in [0.29, 0.717) is 25.0 Å². The topological polar surface area (TPSA) is 93.1 Å². The summed E-state index contributed by atoms with van der Waals surface area (Å²) in [5, 5.41) is 21.3. The van der Waals surface area contributed by atoms with Crippen LogP contribution in [0.25, 0.3) is 0 Å². The maximum Gasteiger partial charge on any atom is 0.307 e. The molecule has 0 fully saturated rings. The van der Waals surface area contributed by atoms with Crippen molar-refractivity contribution in [1.82, 2.24) is 0 Å². The van der Waals surface area contributed by atoms with Gasteiger partial charge in [-0.3, -0.25) is 9.59 Å². The first-order chi connectivity index (χ1) is 14.6. The molecule has 6 heteroatoms. The van der Waals surface area contributed by atoms with E-state index in [0.717, 1.165) is 50.5 Å². The Labute approximate surface area is 187 Å². The molecule has 0 radical (unpaired) electrons. The number of aliphatic hydroxyl groups is 2. The number of hydrogen-bond donors (Lipinski definition) is 2. The van der Waals surface area contributed by atoms with Crippen LogP contribution in [0.2, 0.25) is 0 Å². The second-order valence-electron chi connectivity index (χ2n) is 9.25. The van der Waals surface area contributed by atoms with Gasteiger partial charge in [0.05, 0.1) is 19.3 Å². The Morgan fingerprint density at radius 2 is 1.87 bits per heavy atom. The third kappa shape index (κ3) is 9.56. The van der Waals surface area contributed by atoms with Crippen LogP contribution >= 0.6 is 0 Å². The number of esters is 2. The predicted octanol–water partition coefficient (Wildman–Crippen LogP) is 4.83. The lowest BCUT2D eigenvalue weighted by Crippen LogP contribution is -2.28. The highest BCUT2D eigenvalue weighted by Crippen LogP contribution is 2.38.